The molecule has 1 aromatic heterocycles. The lowest BCUT2D eigenvalue weighted by atomic mass is 10.1. The van der Waals surface area contributed by atoms with Crippen molar-refractivity contribution in [2.45, 2.75) is 13.8 Å². The van der Waals surface area contributed by atoms with Crippen molar-refractivity contribution in [3.05, 3.63) is 46.5 Å². The number of halogens is 1. The second kappa shape index (κ2) is 4.28. The molecule has 0 fully saturated rings. The van der Waals surface area contributed by atoms with E-state index in [1.54, 1.807) is 6.07 Å². The second-order valence-corrected chi connectivity index (χ2v) is 5.17. The van der Waals surface area contributed by atoms with Gasteiger partial charge in [0.05, 0.1) is 21.7 Å². The van der Waals surface area contributed by atoms with E-state index in [1.165, 1.54) is 5.56 Å². The maximum Gasteiger partial charge on any atom is 0.140 e. The molecule has 0 aliphatic heterocycles. The van der Waals surface area contributed by atoms with Gasteiger partial charge in [0, 0.05) is 5.56 Å². The Morgan fingerprint density at radius 2 is 2.00 bits per heavy atom. The number of aryl methyl sites for hydroxylation is 2. The average molecular weight is 272 g/mol. The summed E-state index contributed by atoms with van der Waals surface area (Å²) in [7, 11) is 0. The van der Waals surface area contributed by atoms with Gasteiger partial charge in [-0.25, -0.2) is 4.98 Å². The minimum Gasteiger partial charge on any atom is -0.397 e. The number of nitrogen functional groups attached to an aromatic ring is 1. The van der Waals surface area contributed by atoms with Crippen molar-refractivity contribution in [3.63, 3.8) is 0 Å². The molecule has 0 unspecified atom stereocenters. The normalized spacial score (nSPS) is 11.1. The van der Waals surface area contributed by atoms with E-state index >= 15 is 0 Å². The first-order chi connectivity index (χ1) is 9.06. The average Bonchev–Trinajstić information content (AvgIpc) is 2.76. The van der Waals surface area contributed by atoms with Crippen molar-refractivity contribution >= 4 is 28.3 Å². The Bertz CT molecular complexity index is 774. The standard InChI is InChI=1S/C15H14ClN3/c1-8-6-9(2)14-12(7-8)18-15(19-14)10-4-3-5-11(16)13(10)17/h3-7H,17H2,1-2H3,(H,18,19). The zero-order valence-corrected chi connectivity index (χ0v) is 11.5. The van der Waals surface area contributed by atoms with Crippen LogP contribution in [0.2, 0.25) is 5.02 Å². The number of fused-ring (bicyclic) bond motifs is 1. The minimum atomic E-state index is 0.547. The van der Waals surface area contributed by atoms with Gasteiger partial charge < -0.3 is 10.7 Å². The van der Waals surface area contributed by atoms with Gasteiger partial charge in [0.25, 0.3) is 0 Å². The Morgan fingerprint density at radius 1 is 1.21 bits per heavy atom. The zero-order chi connectivity index (χ0) is 13.6. The largest absolute Gasteiger partial charge is 0.397 e. The van der Waals surface area contributed by atoms with Crippen LogP contribution >= 0.6 is 11.6 Å². The number of aromatic amines is 1. The molecule has 96 valence electrons. The molecule has 3 N–H and O–H groups in total. The molecule has 0 spiro atoms. The third-order valence-corrected chi connectivity index (χ3v) is 3.56. The van der Waals surface area contributed by atoms with Crippen LogP contribution in [0.25, 0.3) is 22.4 Å². The number of rotatable bonds is 1. The number of aromatic nitrogens is 2. The number of imidazole rings is 1. The topological polar surface area (TPSA) is 54.7 Å². The van der Waals surface area contributed by atoms with Crippen LogP contribution < -0.4 is 5.73 Å². The molecule has 2 aromatic carbocycles. The summed E-state index contributed by atoms with van der Waals surface area (Å²) >= 11 is 6.05. The fourth-order valence-corrected chi connectivity index (χ4v) is 2.52. The summed E-state index contributed by atoms with van der Waals surface area (Å²) in [6.07, 6.45) is 0. The fraction of sp³-hybridized carbons (Fsp3) is 0.133. The molecule has 0 bridgehead atoms. The Hall–Kier alpha value is -2.00. The number of benzene rings is 2. The van der Waals surface area contributed by atoms with Crippen LogP contribution in [-0.4, -0.2) is 9.97 Å². The molecular weight excluding hydrogens is 258 g/mol. The summed E-state index contributed by atoms with van der Waals surface area (Å²) in [5, 5.41) is 0.547. The van der Waals surface area contributed by atoms with Gasteiger partial charge in [-0.1, -0.05) is 23.7 Å². The van der Waals surface area contributed by atoms with E-state index in [0.29, 0.717) is 10.7 Å². The number of anilines is 1. The van der Waals surface area contributed by atoms with Crippen molar-refractivity contribution in [3.8, 4) is 11.4 Å². The van der Waals surface area contributed by atoms with Crippen molar-refractivity contribution in [1.82, 2.24) is 9.97 Å². The van der Waals surface area contributed by atoms with Crippen molar-refractivity contribution < 1.29 is 0 Å². The van der Waals surface area contributed by atoms with Crippen molar-refractivity contribution in [2.75, 3.05) is 5.73 Å². The highest BCUT2D eigenvalue weighted by atomic mass is 35.5. The summed E-state index contributed by atoms with van der Waals surface area (Å²) in [5.74, 6) is 0.753. The van der Waals surface area contributed by atoms with Crippen molar-refractivity contribution in [2.24, 2.45) is 0 Å². The lowest BCUT2D eigenvalue weighted by Crippen LogP contribution is -1.92. The van der Waals surface area contributed by atoms with E-state index in [-0.39, 0.29) is 0 Å². The van der Waals surface area contributed by atoms with E-state index in [4.69, 9.17) is 17.3 Å². The molecule has 0 radical (unpaired) electrons. The molecule has 3 nitrogen and oxygen atoms in total. The van der Waals surface area contributed by atoms with Gasteiger partial charge in [0.1, 0.15) is 5.82 Å². The molecule has 4 heteroatoms. The molecular formula is C15H14ClN3. The fourth-order valence-electron chi connectivity index (χ4n) is 2.34. The summed E-state index contributed by atoms with van der Waals surface area (Å²) in [5.41, 5.74) is 11.8. The summed E-state index contributed by atoms with van der Waals surface area (Å²) in [6, 6.07) is 9.77. The van der Waals surface area contributed by atoms with Crippen LogP contribution in [0.5, 0.6) is 0 Å². The van der Waals surface area contributed by atoms with Crippen LogP contribution in [-0.2, 0) is 0 Å². The van der Waals surface area contributed by atoms with Crippen LogP contribution in [0.4, 0.5) is 5.69 Å². The van der Waals surface area contributed by atoms with E-state index in [0.717, 1.165) is 28.0 Å². The summed E-state index contributed by atoms with van der Waals surface area (Å²) in [6.45, 7) is 4.13. The third-order valence-electron chi connectivity index (χ3n) is 3.23. The lowest BCUT2D eigenvalue weighted by Gasteiger charge is -2.03. The number of nitrogens with two attached hydrogens (primary N) is 1. The molecule has 0 aliphatic carbocycles. The number of H-pyrrole nitrogens is 1. The molecule has 0 atom stereocenters. The Balaban J connectivity index is 2.26. The zero-order valence-electron chi connectivity index (χ0n) is 10.8. The molecule has 1 heterocycles. The van der Waals surface area contributed by atoms with Gasteiger partial charge in [-0.2, -0.15) is 0 Å². The smallest absolute Gasteiger partial charge is 0.140 e. The maximum atomic E-state index is 6.05. The molecule has 19 heavy (non-hydrogen) atoms. The van der Waals surface area contributed by atoms with Gasteiger partial charge in [0.2, 0.25) is 0 Å². The van der Waals surface area contributed by atoms with Gasteiger partial charge in [-0.05, 0) is 43.2 Å². The summed E-state index contributed by atoms with van der Waals surface area (Å²) in [4.78, 5) is 7.94. The Morgan fingerprint density at radius 3 is 2.79 bits per heavy atom. The Kier molecular flexibility index (Phi) is 2.72. The van der Waals surface area contributed by atoms with E-state index in [9.17, 15) is 0 Å². The maximum absolute atomic E-state index is 6.05. The number of hydrogen-bond acceptors (Lipinski definition) is 2. The van der Waals surface area contributed by atoms with Gasteiger partial charge in [-0.15, -0.1) is 0 Å². The highest BCUT2D eigenvalue weighted by Crippen LogP contribution is 2.31. The monoisotopic (exact) mass is 271 g/mol. The van der Waals surface area contributed by atoms with Gasteiger partial charge >= 0.3 is 0 Å². The molecule has 0 aliphatic rings. The SMILES string of the molecule is Cc1cc(C)c2nc(-c3cccc(Cl)c3N)[nH]c2c1. The van der Waals surface area contributed by atoms with Crippen LogP contribution in [0, 0.1) is 13.8 Å². The third kappa shape index (κ3) is 1.96. The van der Waals surface area contributed by atoms with Crippen LogP contribution in [0.15, 0.2) is 30.3 Å². The molecule has 0 saturated carbocycles. The van der Waals surface area contributed by atoms with Crippen molar-refractivity contribution in [1.29, 1.82) is 0 Å². The lowest BCUT2D eigenvalue weighted by molar-refractivity contribution is 1.33. The first-order valence-corrected chi connectivity index (χ1v) is 6.45. The summed E-state index contributed by atoms with van der Waals surface area (Å²) < 4.78 is 0. The molecule has 0 amide bonds. The Labute approximate surface area is 116 Å². The number of para-hydroxylation sites is 1. The van der Waals surface area contributed by atoms with E-state index < -0.39 is 0 Å². The first kappa shape index (κ1) is 12.1. The number of hydrogen-bond donors (Lipinski definition) is 2. The quantitative estimate of drug-likeness (QED) is 0.655. The van der Waals surface area contributed by atoms with E-state index in [1.807, 2.05) is 12.1 Å². The first-order valence-electron chi connectivity index (χ1n) is 6.07. The highest BCUT2D eigenvalue weighted by Gasteiger charge is 2.11. The van der Waals surface area contributed by atoms with Crippen LogP contribution in [0.1, 0.15) is 11.1 Å². The molecule has 3 aromatic rings. The second-order valence-electron chi connectivity index (χ2n) is 4.76. The van der Waals surface area contributed by atoms with Crippen LogP contribution in [0.3, 0.4) is 0 Å². The number of nitrogens with zero attached hydrogens (tertiary/aromatic N) is 1. The predicted octanol–water partition coefficient (Wildman–Crippen LogP) is 4.08. The molecule has 0 saturated heterocycles. The number of nitrogens with one attached hydrogen (secondary N) is 1. The van der Waals surface area contributed by atoms with Gasteiger partial charge in [-0.3, -0.25) is 0 Å². The highest BCUT2D eigenvalue weighted by molar-refractivity contribution is 6.33. The van der Waals surface area contributed by atoms with Gasteiger partial charge in [0.15, 0.2) is 0 Å². The minimum absolute atomic E-state index is 0.547. The van der Waals surface area contributed by atoms with E-state index in [2.05, 4.69) is 35.9 Å². The molecule has 3 rings (SSSR count). The predicted molar refractivity (Wildman–Crippen MR) is 80.4 cm³/mol.